The van der Waals surface area contributed by atoms with Crippen molar-refractivity contribution in [2.45, 2.75) is 0 Å². The van der Waals surface area contributed by atoms with Crippen molar-refractivity contribution in [2.75, 3.05) is 0 Å². The Morgan fingerprint density at radius 3 is 2.50 bits per heavy atom. The van der Waals surface area contributed by atoms with Crippen LogP contribution in [0.25, 0.3) is 0 Å². The molecule has 8 heteroatoms. The van der Waals surface area contributed by atoms with Gasteiger partial charge in [-0.1, -0.05) is 12.1 Å². The molecule has 0 aliphatic rings. The largest absolute Gasteiger partial charge is 0.506 e. The van der Waals surface area contributed by atoms with Gasteiger partial charge in [-0.3, -0.25) is 9.78 Å². The predicted octanol–water partition coefficient (Wildman–Crippen LogP) is 2.26. The first-order chi connectivity index (χ1) is 8.58. The van der Waals surface area contributed by atoms with Gasteiger partial charge in [0.1, 0.15) is 11.4 Å². The molecule has 18 heavy (non-hydrogen) atoms. The number of hydrogen-bond donors (Lipinski definition) is 4. The summed E-state index contributed by atoms with van der Waals surface area (Å²) in [6.45, 7) is 0. The fourth-order valence-corrected chi connectivity index (χ4v) is 1.40. The molecule has 0 bridgehead atoms. The summed E-state index contributed by atoms with van der Waals surface area (Å²) in [5.74, 6) is -0.566. The molecule has 0 unspecified atom stereocenters. The maximum absolute atomic E-state index is 11.4. The summed E-state index contributed by atoms with van der Waals surface area (Å²) in [5.41, 5.74) is -0.805. The Hall–Kier alpha value is -2.48. The zero-order valence-corrected chi connectivity index (χ0v) is 9.73. The van der Waals surface area contributed by atoms with E-state index in [1.54, 1.807) is 12.1 Å². The smallest absolute Gasteiger partial charge is 0.283 e. The maximum atomic E-state index is 11.4. The average Bonchev–Trinajstić information content (AvgIpc) is 2.30. The first kappa shape index (κ1) is 12.0. The fourth-order valence-electron chi connectivity index (χ4n) is 1.21. The van der Waals surface area contributed by atoms with Crippen LogP contribution in [0, 0.1) is 4.77 Å². The molecule has 0 aliphatic carbocycles. The third-order valence-corrected chi connectivity index (χ3v) is 2.24. The molecule has 92 valence electrons. The minimum absolute atomic E-state index is 0.0148. The summed E-state index contributed by atoms with van der Waals surface area (Å²) in [5, 5.41) is 26.1. The molecule has 0 saturated heterocycles. The number of para-hydroxylation sites is 1. The summed E-state index contributed by atoms with van der Waals surface area (Å²) in [7, 11) is 0. The van der Waals surface area contributed by atoms with E-state index in [1.807, 2.05) is 0 Å². The predicted molar refractivity (Wildman–Crippen MR) is 66.2 cm³/mol. The van der Waals surface area contributed by atoms with E-state index < -0.39 is 11.4 Å². The minimum atomic E-state index is -0.671. The summed E-state index contributed by atoms with van der Waals surface area (Å²) in [4.78, 5) is 16.0. The van der Waals surface area contributed by atoms with E-state index in [1.165, 1.54) is 12.1 Å². The number of aromatic amines is 2. The molecule has 1 heterocycles. The van der Waals surface area contributed by atoms with Crippen molar-refractivity contribution < 1.29 is 10.2 Å². The number of benzene rings is 1. The second-order valence-corrected chi connectivity index (χ2v) is 3.70. The number of rotatable bonds is 2. The molecule has 0 spiro atoms. The summed E-state index contributed by atoms with van der Waals surface area (Å²) in [6, 6.07) is 6.21. The molecular weight excluding hydrogens is 256 g/mol. The number of phenols is 1. The van der Waals surface area contributed by atoms with Gasteiger partial charge in [0.05, 0.1) is 0 Å². The van der Waals surface area contributed by atoms with Gasteiger partial charge in [-0.15, -0.1) is 10.2 Å². The van der Waals surface area contributed by atoms with Crippen LogP contribution in [-0.2, 0) is 0 Å². The van der Waals surface area contributed by atoms with Crippen molar-refractivity contribution in [3.05, 3.63) is 39.4 Å². The van der Waals surface area contributed by atoms with Crippen molar-refractivity contribution >= 4 is 23.6 Å². The monoisotopic (exact) mass is 264 g/mol. The van der Waals surface area contributed by atoms with E-state index in [9.17, 15) is 15.0 Å². The van der Waals surface area contributed by atoms with Crippen LogP contribution in [0.3, 0.4) is 0 Å². The fraction of sp³-hybridized carbons (Fsp3) is 0. The van der Waals surface area contributed by atoms with Gasteiger partial charge in [-0.2, -0.15) is 0 Å². The Bertz CT molecular complexity index is 720. The van der Waals surface area contributed by atoms with Crippen LogP contribution in [-0.4, -0.2) is 20.2 Å². The maximum Gasteiger partial charge on any atom is 0.283 e. The lowest BCUT2D eigenvalue weighted by Gasteiger charge is -1.97. The molecule has 0 atom stereocenters. The van der Waals surface area contributed by atoms with Gasteiger partial charge < -0.3 is 15.2 Å². The van der Waals surface area contributed by atoms with Gasteiger partial charge in [-0.05, 0) is 24.4 Å². The lowest BCUT2D eigenvalue weighted by atomic mass is 10.3. The molecule has 1 aromatic heterocycles. The molecule has 0 radical (unpaired) electrons. The number of hydrogen-bond acceptors (Lipinski definition) is 6. The Balaban J connectivity index is 2.45. The third-order valence-electron chi connectivity index (χ3n) is 2.04. The minimum Gasteiger partial charge on any atom is -0.506 e. The zero-order valence-electron chi connectivity index (χ0n) is 8.91. The summed E-state index contributed by atoms with van der Waals surface area (Å²) < 4.78 is -0.0148. The Morgan fingerprint density at radius 2 is 1.83 bits per heavy atom. The van der Waals surface area contributed by atoms with Crippen LogP contribution < -0.4 is 5.56 Å². The highest BCUT2D eigenvalue weighted by Gasteiger charge is 2.06. The van der Waals surface area contributed by atoms with Crippen LogP contribution >= 0.6 is 12.2 Å². The molecule has 0 fully saturated rings. The van der Waals surface area contributed by atoms with Crippen molar-refractivity contribution in [1.29, 1.82) is 0 Å². The van der Waals surface area contributed by atoms with Crippen LogP contribution in [0.4, 0.5) is 11.4 Å². The molecule has 1 aromatic carbocycles. The molecular formula is C10H8N4O3S. The van der Waals surface area contributed by atoms with Gasteiger partial charge in [0.2, 0.25) is 11.6 Å². The lowest BCUT2D eigenvalue weighted by Crippen LogP contribution is -2.06. The Labute approximate surface area is 105 Å². The molecule has 2 rings (SSSR count). The standard InChI is InChI=1S/C10H8N4O3S/c15-6-4-2-1-3-5(6)13-14-7-8(16)11-10(18)12-9(7)17/h1-4,15H,(H3,11,12,16,17,18). The Morgan fingerprint density at radius 1 is 1.11 bits per heavy atom. The first-order valence-corrected chi connectivity index (χ1v) is 5.24. The highest BCUT2D eigenvalue weighted by molar-refractivity contribution is 7.71. The molecule has 0 saturated carbocycles. The number of phenolic OH excluding ortho intramolecular Hbond substituents is 1. The van der Waals surface area contributed by atoms with Crippen molar-refractivity contribution in [3.8, 4) is 11.6 Å². The molecule has 4 N–H and O–H groups in total. The second kappa shape index (κ2) is 4.80. The van der Waals surface area contributed by atoms with E-state index in [0.29, 0.717) is 0 Å². The topological polar surface area (TPSA) is 114 Å². The number of nitrogens with one attached hydrogen (secondary N) is 2. The normalized spacial score (nSPS) is 10.9. The lowest BCUT2D eigenvalue weighted by molar-refractivity contribution is 0.451. The van der Waals surface area contributed by atoms with E-state index in [0.717, 1.165) is 0 Å². The summed E-state index contributed by atoms with van der Waals surface area (Å²) in [6.07, 6.45) is 0. The quantitative estimate of drug-likeness (QED) is 0.492. The van der Waals surface area contributed by atoms with E-state index in [-0.39, 0.29) is 21.9 Å². The third kappa shape index (κ3) is 2.43. The highest BCUT2D eigenvalue weighted by Crippen LogP contribution is 2.27. The van der Waals surface area contributed by atoms with E-state index in [4.69, 9.17) is 0 Å². The van der Waals surface area contributed by atoms with Gasteiger partial charge in [0, 0.05) is 0 Å². The van der Waals surface area contributed by atoms with Crippen molar-refractivity contribution in [1.82, 2.24) is 9.97 Å². The SMILES string of the molecule is O=c1[nH]c(=S)[nH]c(O)c1N=Nc1ccccc1O. The van der Waals surface area contributed by atoms with Gasteiger partial charge in [-0.25, -0.2) is 0 Å². The molecule has 0 aliphatic heterocycles. The number of aromatic nitrogens is 2. The second-order valence-electron chi connectivity index (χ2n) is 3.29. The Kier molecular flexibility index (Phi) is 3.20. The molecule has 2 aromatic rings. The van der Waals surface area contributed by atoms with Crippen LogP contribution in [0.2, 0.25) is 0 Å². The molecule has 0 amide bonds. The van der Waals surface area contributed by atoms with Gasteiger partial charge in [0.15, 0.2) is 4.77 Å². The van der Waals surface area contributed by atoms with Crippen LogP contribution in [0.1, 0.15) is 0 Å². The van der Waals surface area contributed by atoms with Crippen LogP contribution in [0.5, 0.6) is 11.6 Å². The van der Waals surface area contributed by atoms with Gasteiger partial charge >= 0.3 is 0 Å². The van der Waals surface area contributed by atoms with Gasteiger partial charge in [0.25, 0.3) is 5.56 Å². The number of nitrogens with zero attached hydrogens (tertiary/aromatic N) is 2. The number of H-pyrrole nitrogens is 2. The van der Waals surface area contributed by atoms with E-state index in [2.05, 4.69) is 32.4 Å². The first-order valence-electron chi connectivity index (χ1n) is 4.83. The number of azo groups is 1. The average molecular weight is 264 g/mol. The summed E-state index contributed by atoms with van der Waals surface area (Å²) >= 11 is 4.66. The van der Waals surface area contributed by atoms with Crippen molar-refractivity contribution in [2.24, 2.45) is 10.2 Å². The zero-order chi connectivity index (χ0) is 13.1. The van der Waals surface area contributed by atoms with E-state index >= 15 is 0 Å². The molecule has 7 nitrogen and oxygen atoms in total. The highest BCUT2D eigenvalue weighted by atomic mass is 32.1. The number of aromatic hydroxyl groups is 2. The van der Waals surface area contributed by atoms with Crippen molar-refractivity contribution in [3.63, 3.8) is 0 Å². The van der Waals surface area contributed by atoms with Crippen LogP contribution in [0.15, 0.2) is 39.3 Å².